The second-order valence-electron chi connectivity index (χ2n) is 6.56. The first-order valence-corrected chi connectivity index (χ1v) is 9.96. The smallest absolute Gasteiger partial charge is 0.272 e. The van der Waals surface area contributed by atoms with Crippen LogP contribution in [0.15, 0.2) is 47.4 Å². The van der Waals surface area contributed by atoms with Crippen LogP contribution in [0.4, 0.5) is 5.69 Å². The highest BCUT2D eigenvalue weighted by atomic mass is 32.2. The second kappa shape index (κ2) is 8.61. The quantitative estimate of drug-likeness (QED) is 0.636. The van der Waals surface area contributed by atoms with E-state index in [4.69, 9.17) is 14.2 Å². The van der Waals surface area contributed by atoms with Gasteiger partial charge in [-0.3, -0.25) is 9.59 Å². The lowest BCUT2D eigenvalue weighted by atomic mass is 10.0. The van der Waals surface area contributed by atoms with Crippen molar-refractivity contribution >= 4 is 34.8 Å². The van der Waals surface area contributed by atoms with Crippen molar-refractivity contribution in [3.63, 3.8) is 0 Å². The number of hydrogen-bond acceptors (Lipinski definition) is 6. The van der Waals surface area contributed by atoms with E-state index >= 15 is 0 Å². The summed E-state index contributed by atoms with van der Waals surface area (Å²) in [5.41, 5.74) is 1.37. The van der Waals surface area contributed by atoms with E-state index in [0.29, 0.717) is 39.0 Å². The number of thioether (sulfide) groups is 1. The number of ether oxygens (including phenoxy) is 3. The van der Waals surface area contributed by atoms with E-state index in [-0.39, 0.29) is 11.2 Å². The highest BCUT2D eigenvalue weighted by Crippen LogP contribution is 2.43. The summed E-state index contributed by atoms with van der Waals surface area (Å²) >= 11 is 1.37. The summed E-state index contributed by atoms with van der Waals surface area (Å²) in [6.45, 7) is 3.96. The first-order valence-electron chi connectivity index (χ1n) is 9.08. The molecule has 0 aliphatic carbocycles. The number of carbonyl (C=O) groups excluding carboxylic acids is 2. The van der Waals surface area contributed by atoms with Crippen molar-refractivity contribution in [3.8, 4) is 17.2 Å². The Labute approximate surface area is 174 Å². The normalized spacial score (nSPS) is 14.1. The fourth-order valence-electron chi connectivity index (χ4n) is 3.14. The predicted octanol–water partition coefficient (Wildman–Crippen LogP) is 4.14. The van der Waals surface area contributed by atoms with Crippen molar-refractivity contribution in [1.82, 2.24) is 0 Å². The summed E-state index contributed by atoms with van der Waals surface area (Å²) in [6, 6.07) is 12.2. The number of imide groups is 1. The van der Waals surface area contributed by atoms with Gasteiger partial charge in [-0.2, -0.15) is 0 Å². The summed E-state index contributed by atoms with van der Waals surface area (Å²) in [4.78, 5) is 28.3. The predicted molar refractivity (Wildman–Crippen MR) is 115 cm³/mol. The van der Waals surface area contributed by atoms with Crippen molar-refractivity contribution in [2.45, 2.75) is 19.1 Å². The first-order chi connectivity index (χ1) is 13.9. The van der Waals surface area contributed by atoms with Gasteiger partial charge in [-0.1, -0.05) is 32.0 Å². The number of amides is 2. The Morgan fingerprint density at radius 2 is 1.48 bits per heavy atom. The van der Waals surface area contributed by atoms with Crippen LogP contribution in [0, 0.1) is 0 Å². The Hall–Kier alpha value is -2.93. The number of anilines is 1. The fraction of sp³-hybridized carbons (Fsp3) is 0.273. The molecule has 1 aliphatic rings. The molecule has 0 unspecified atom stereocenters. The fourth-order valence-corrected chi connectivity index (χ4v) is 4.12. The number of rotatable bonds is 7. The number of benzene rings is 2. The molecule has 2 aromatic rings. The standard InChI is InChI=1S/C22H23NO5S/c1-13(2)29-20-19(15-8-6-7-9-16(15)26-3)21(24)23(22(20)25)14-10-11-17(27-4)18(12-14)28-5/h6-13H,1-5H3. The lowest BCUT2D eigenvalue weighted by Crippen LogP contribution is -2.31. The summed E-state index contributed by atoms with van der Waals surface area (Å²) in [7, 11) is 4.58. The molecule has 0 radical (unpaired) electrons. The molecule has 0 spiro atoms. The maximum Gasteiger partial charge on any atom is 0.272 e. The average molecular weight is 413 g/mol. The van der Waals surface area contributed by atoms with E-state index in [9.17, 15) is 9.59 Å². The number of nitrogens with zero attached hydrogens (tertiary/aromatic N) is 1. The minimum Gasteiger partial charge on any atom is -0.496 e. The molecule has 0 atom stereocenters. The van der Waals surface area contributed by atoms with E-state index in [0.717, 1.165) is 0 Å². The van der Waals surface area contributed by atoms with Gasteiger partial charge in [0.25, 0.3) is 11.8 Å². The SMILES string of the molecule is COc1ccc(N2C(=O)C(SC(C)C)=C(c3ccccc3OC)C2=O)cc1OC. The minimum atomic E-state index is -0.394. The van der Waals surface area contributed by atoms with Gasteiger partial charge in [0.2, 0.25) is 0 Å². The lowest BCUT2D eigenvalue weighted by Gasteiger charge is -2.17. The van der Waals surface area contributed by atoms with Crippen molar-refractivity contribution in [1.29, 1.82) is 0 Å². The minimum absolute atomic E-state index is 0.122. The van der Waals surface area contributed by atoms with Crippen molar-refractivity contribution in [2.24, 2.45) is 0 Å². The van der Waals surface area contributed by atoms with E-state index < -0.39 is 5.91 Å². The zero-order valence-corrected chi connectivity index (χ0v) is 17.8. The molecule has 0 N–H and O–H groups in total. The molecule has 7 heteroatoms. The van der Waals surface area contributed by atoms with Crippen molar-refractivity contribution < 1.29 is 23.8 Å². The van der Waals surface area contributed by atoms with Gasteiger partial charge >= 0.3 is 0 Å². The van der Waals surface area contributed by atoms with E-state index in [1.54, 1.807) is 37.4 Å². The molecule has 0 saturated heterocycles. The van der Waals surface area contributed by atoms with Crippen LogP contribution in [0.2, 0.25) is 0 Å². The van der Waals surface area contributed by atoms with Gasteiger partial charge in [0, 0.05) is 16.9 Å². The monoisotopic (exact) mass is 413 g/mol. The van der Waals surface area contributed by atoms with Gasteiger partial charge < -0.3 is 14.2 Å². The summed E-state index contributed by atoms with van der Waals surface area (Å²) in [5, 5.41) is 0.122. The van der Waals surface area contributed by atoms with Crippen LogP contribution in [0.1, 0.15) is 19.4 Å². The van der Waals surface area contributed by atoms with Gasteiger partial charge in [0.1, 0.15) is 5.75 Å². The highest BCUT2D eigenvalue weighted by Gasteiger charge is 2.41. The van der Waals surface area contributed by atoms with Crippen LogP contribution < -0.4 is 19.1 Å². The molecule has 0 aromatic heterocycles. The molecule has 152 valence electrons. The molecule has 1 heterocycles. The molecule has 0 fully saturated rings. The third kappa shape index (κ3) is 3.82. The molecule has 2 aromatic carbocycles. The molecule has 29 heavy (non-hydrogen) atoms. The second-order valence-corrected chi connectivity index (χ2v) is 8.14. The van der Waals surface area contributed by atoms with E-state index in [1.165, 1.54) is 30.9 Å². The molecule has 2 amide bonds. The molecule has 0 bridgehead atoms. The van der Waals surface area contributed by atoms with Crippen LogP contribution in [-0.2, 0) is 9.59 Å². The Bertz CT molecular complexity index is 983. The lowest BCUT2D eigenvalue weighted by molar-refractivity contribution is -0.119. The number of hydrogen-bond donors (Lipinski definition) is 0. The summed E-state index contributed by atoms with van der Waals surface area (Å²) in [6.07, 6.45) is 0. The summed E-state index contributed by atoms with van der Waals surface area (Å²) in [5.74, 6) is 0.746. The molecule has 3 rings (SSSR count). The van der Waals surface area contributed by atoms with Gasteiger partial charge in [-0.05, 0) is 18.2 Å². The number of methoxy groups -OCH3 is 3. The van der Waals surface area contributed by atoms with Crippen molar-refractivity contribution in [2.75, 3.05) is 26.2 Å². The third-order valence-corrected chi connectivity index (χ3v) is 5.48. The van der Waals surface area contributed by atoms with Gasteiger partial charge in [-0.25, -0.2) is 4.90 Å². The Morgan fingerprint density at radius 3 is 2.10 bits per heavy atom. The summed E-state index contributed by atoms with van der Waals surface area (Å²) < 4.78 is 16.0. The Balaban J connectivity index is 2.14. The van der Waals surface area contributed by atoms with Crippen LogP contribution >= 0.6 is 11.8 Å². The van der Waals surface area contributed by atoms with Crippen molar-refractivity contribution in [3.05, 3.63) is 52.9 Å². The van der Waals surface area contributed by atoms with E-state index in [2.05, 4.69) is 0 Å². The average Bonchev–Trinajstić information content (AvgIpc) is 2.96. The largest absolute Gasteiger partial charge is 0.496 e. The van der Waals surface area contributed by atoms with E-state index in [1.807, 2.05) is 26.0 Å². The molecule has 0 saturated carbocycles. The van der Waals surface area contributed by atoms with Gasteiger partial charge in [-0.15, -0.1) is 11.8 Å². The molecule has 1 aliphatic heterocycles. The van der Waals surface area contributed by atoms with Gasteiger partial charge in [0.15, 0.2) is 11.5 Å². The van der Waals surface area contributed by atoms with Crippen LogP contribution in [0.5, 0.6) is 17.2 Å². The zero-order chi connectivity index (χ0) is 21.1. The third-order valence-electron chi connectivity index (χ3n) is 4.40. The van der Waals surface area contributed by atoms with Crippen LogP contribution in [0.25, 0.3) is 5.57 Å². The number of carbonyl (C=O) groups is 2. The maximum atomic E-state index is 13.4. The zero-order valence-electron chi connectivity index (χ0n) is 17.0. The Morgan fingerprint density at radius 1 is 0.828 bits per heavy atom. The van der Waals surface area contributed by atoms with Crippen LogP contribution in [-0.4, -0.2) is 38.4 Å². The van der Waals surface area contributed by atoms with Gasteiger partial charge in [0.05, 0.1) is 37.5 Å². The number of para-hydroxylation sites is 1. The topological polar surface area (TPSA) is 65.1 Å². The van der Waals surface area contributed by atoms with Crippen LogP contribution in [0.3, 0.4) is 0 Å². The molecule has 6 nitrogen and oxygen atoms in total. The highest BCUT2D eigenvalue weighted by molar-refractivity contribution is 8.04. The molecular formula is C22H23NO5S. The Kier molecular flexibility index (Phi) is 6.17. The maximum absolute atomic E-state index is 13.4. The first kappa shape index (κ1) is 20.8. The molecular weight excluding hydrogens is 390 g/mol.